The summed E-state index contributed by atoms with van der Waals surface area (Å²) in [5, 5.41) is 3.06. The number of hydrogen-bond donors (Lipinski definition) is 1. The summed E-state index contributed by atoms with van der Waals surface area (Å²) in [5.41, 5.74) is 3.30. The van der Waals surface area contributed by atoms with E-state index >= 15 is 0 Å². The van der Waals surface area contributed by atoms with Crippen molar-refractivity contribution in [1.29, 1.82) is 0 Å². The molecule has 1 saturated heterocycles. The van der Waals surface area contributed by atoms with Crippen LogP contribution in [0.15, 0.2) is 65.7 Å². The summed E-state index contributed by atoms with van der Waals surface area (Å²) >= 11 is 0.937. The summed E-state index contributed by atoms with van der Waals surface area (Å²) in [7, 11) is 0. The normalized spacial score (nSPS) is 16.1. The van der Waals surface area contributed by atoms with Crippen LogP contribution in [0.25, 0.3) is 17.0 Å². The van der Waals surface area contributed by atoms with E-state index in [4.69, 9.17) is 0 Å². The lowest BCUT2D eigenvalue weighted by Gasteiger charge is -2.06. The zero-order valence-electron chi connectivity index (χ0n) is 12.7. The maximum absolute atomic E-state index is 11.6. The topological polar surface area (TPSA) is 51.1 Å². The summed E-state index contributed by atoms with van der Waals surface area (Å²) in [6, 6.07) is 18.4. The zero-order valence-corrected chi connectivity index (χ0v) is 13.5. The average Bonchev–Trinajstić information content (AvgIpc) is 3.11. The molecule has 0 atom stereocenters. The summed E-state index contributed by atoms with van der Waals surface area (Å²) in [5.74, 6) is -0.327. The van der Waals surface area contributed by atoms with E-state index in [0.29, 0.717) is 4.91 Å². The molecule has 3 aromatic rings. The van der Waals surface area contributed by atoms with Crippen molar-refractivity contribution < 1.29 is 9.59 Å². The molecule has 2 amide bonds. The van der Waals surface area contributed by atoms with Gasteiger partial charge in [0.25, 0.3) is 11.1 Å². The van der Waals surface area contributed by atoms with Crippen molar-refractivity contribution in [2.75, 3.05) is 0 Å². The minimum Gasteiger partial charge on any atom is -0.343 e. The second-order valence-electron chi connectivity index (χ2n) is 5.60. The van der Waals surface area contributed by atoms with Gasteiger partial charge in [0.05, 0.1) is 4.91 Å². The average molecular weight is 334 g/mol. The Morgan fingerprint density at radius 3 is 2.62 bits per heavy atom. The summed E-state index contributed by atoms with van der Waals surface area (Å²) in [6.07, 6.45) is 3.81. The maximum Gasteiger partial charge on any atom is 0.290 e. The largest absolute Gasteiger partial charge is 0.343 e. The highest BCUT2D eigenvalue weighted by molar-refractivity contribution is 8.18. The molecule has 5 heteroatoms. The number of fused-ring (bicyclic) bond motifs is 1. The van der Waals surface area contributed by atoms with Gasteiger partial charge in [-0.1, -0.05) is 36.4 Å². The second-order valence-corrected chi connectivity index (χ2v) is 6.61. The third-order valence-electron chi connectivity index (χ3n) is 3.93. The number of thioether (sulfide) groups is 1. The van der Waals surface area contributed by atoms with Gasteiger partial charge in [-0.15, -0.1) is 0 Å². The molecule has 1 aliphatic heterocycles. The molecule has 1 aliphatic rings. The molecule has 118 valence electrons. The number of aromatic nitrogens is 1. The Hall–Kier alpha value is -2.79. The van der Waals surface area contributed by atoms with Gasteiger partial charge in [-0.25, -0.2) is 0 Å². The lowest BCUT2D eigenvalue weighted by atomic mass is 10.1. The lowest BCUT2D eigenvalue weighted by molar-refractivity contribution is -0.115. The van der Waals surface area contributed by atoms with Crippen LogP contribution < -0.4 is 5.32 Å². The second kappa shape index (κ2) is 6.02. The van der Waals surface area contributed by atoms with Gasteiger partial charge >= 0.3 is 0 Å². The number of imide groups is 1. The molecule has 0 bridgehead atoms. The summed E-state index contributed by atoms with van der Waals surface area (Å²) < 4.78 is 2.20. The number of carbonyl (C=O) groups is 2. The van der Waals surface area contributed by atoms with Crippen molar-refractivity contribution in [2.24, 2.45) is 0 Å². The van der Waals surface area contributed by atoms with Gasteiger partial charge in [-0.2, -0.15) is 0 Å². The molecule has 0 saturated carbocycles. The van der Waals surface area contributed by atoms with Gasteiger partial charge < -0.3 is 4.57 Å². The van der Waals surface area contributed by atoms with Gasteiger partial charge in [-0.05, 0) is 47.2 Å². The van der Waals surface area contributed by atoms with Gasteiger partial charge in [0, 0.05) is 23.6 Å². The van der Waals surface area contributed by atoms with Crippen LogP contribution in [-0.2, 0) is 11.3 Å². The summed E-state index contributed by atoms with van der Waals surface area (Å²) in [6.45, 7) is 0.817. The van der Waals surface area contributed by atoms with Crippen LogP contribution in [0, 0.1) is 0 Å². The van der Waals surface area contributed by atoms with E-state index in [1.807, 2.05) is 36.4 Å². The van der Waals surface area contributed by atoms with Crippen LogP contribution in [-0.4, -0.2) is 15.7 Å². The molecule has 0 radical (unpaired) electrons. The van der Waals surface area contributed by atoms with E-state index in [1.165, 1.54) is 5.56 Å². The molecular weight excluding hydrogens is 320 g/mol. The number of amides is 2. The molecule has 0 spiro atoms. The fourth-order valence-electron chi connectivity index (χ4n) is 2.80. The van der Waals surface area contributed by atoms with E-state index in [0.717, 1.165) is 34.8 Å². The Bertz CT molecular complexity index is 973. The van der Waals surface area contributed by atoms with Crippen molar-refractivity contribution in [3.63, 3.8) is 0 Å². The molecule has 2 aromatic carbocycles. The monoisotopic (exact) mass is 334 g/mol. The van der Waals surface area contributed by atoms with Crippen molar-refractivity contribution in [1.82, 2.24) is 9.88 Å². The first-order valence-corrected chi connectivity index (χ1v) is 8.38. The number of rotatable bonds is 3. The summed E-state index contributed by atoms with van der Waals surface area (Å²) in [4.78, 5) is 23.3. The standard InChI is InChI=1S/C19H14N2O2S/c22-18-17(24-19(23)20-18)11-14-6-7-16-15(10-14)8-9-21(16)12-13-4-2-1-3-5-13/h1-11H,12H2,(H,20,22,23)/b17-11+. The minimum absolute atomic E-state index is 0.318. The quantitative estimate of drug-likeness (QED) is 0.736. The first-order chi connectivity index (χ1) is 11.7. The Kier molecular flexibility index (Phi) is 3.70. The lowest BCUT2D eigenvalue weighted by Crippen LogP contribution is -2.17. The number of benzene rings is 2. The third-order valence-corrected chi connectivity index (χ3v) is 4.74. The number of nitrogens with one attached hydrogen (secondary N) is 1. The van der Waals surface area contributed by atoms with E-state index < -0.39 is 0 Å². The molecule has 0 unspecified atom stereocenters. The molecule has 0 aliphatic carbocycles. The first-order valence-electron chi connectivity index (χ1n) is 7.57. The molecule has 2 heterocycles. The minimum atomic E-state index is -0.327. The number of hydrogen-bond acceptors (Lipinski definition) is 3. The molecule has 24 heavy (non-hydrogen) atoms. The van der Waals surface area contributed by atoms with Crippen molar-refractivity contribution in [3.8, 4) is 0 Å². The molecule has 1 N–H and O–H groups in total. The van der Waals surface area contributed by atoms with E-state index in [2.05, 4.69) is 34.3 Å². The fraction of sp³-hybridized carbons (Fsp3) is 0.0526. The smallest absolute Gasteiger partial charge is 0.290 e. The van der Waals surface area contributed by atoms with Crippen LogP contribution >= 0.6 is 11.8 Å². The van der Waals surface area contributed by atoms with E-state index in [9.17, 15) is 9.59 Å². The zero-order chi connectivity index (χ0) is 16.5. The van der Waals surface area contributed by atoms with Gasteiger partial charge in [0.1, 0.15) is 0 Å². The Balaban J connectivity index is 1.65. The number of carbonyl (C=O) groups excluding carboxylic acids is 2. The predicted octanol–water partition coefficient (Wildman–Crippen LogP) is 4.01. The van der Waals surface area contributed by atoms with Crippen LogP contribution in [0.5, 0.6) is 0 Å². The van der Waals surface area contributed by atoms with Crippen LogP contribution in [0.1, 0.15) is 11.1 Å². The highest BCUT2D eigenvalue weighted by Gasteiger charge is 2.24. The van der Waals surface area contributed by atoms with E-state index in [-0.39, 0.29) is 11.1 Å². The predicted molar refractivity (Wildman–Crippen MR) is 96.6 cm³/mol. The molecule has 4 rings (SSSR count). The van der Waals surface area contributed by atoms with Crippen molar-refractivity contribution in [2.45, 2.75) is 6.54 Å². The van der Waals surface area contributed by atoms with Gasteiger partial charge in [0.15, 0.2) is 0 Å². The molecule has 1 aromatic heterocycles. The third kappa shape index (κ3) is 2.86. The van der Waals surface area contributed by atoms with Crippen LogP contribution in [0.3, 0.4) is 0 Å². The Morgan fingerprint density at radius 1 is 1.04 bits per heavy atom. The molecule has 1 fully saturated rings. The Morgan fingerprint density at radius 2 is 1.88 bits per heavy atom. The highest BCUT2D eigenvalue weighted by atomic mass is 32.2. The first kappa shape index (κ1) is 14.8. The number of nitrogens with zero attached hydrogens (tertiary/aromatic N) is 1. The molecular formula is C19H14N2O2S. The fourth-order valence-corrected chi connectivity index (χ4v) is 3.48. The maximum atomic E-state index is 11.6. The van der Waals surface area contributed by atoms with Crippen molar-refractivity contribution >= 4 is 39.9 Å². The van der Waals surface area contributed by atoms with Crippen LogP contribution in [0.2, 0.25) is 0 Å². The SMILES string of the molecule is O=C1NC(=O)/C(=C\c2ccc3c(ccn3Cc3ccccc3)c2)S1. The van der Waals surface area contributed by atoms with Crippen LogP contribution in [0.4, 0.5) is 4.79 Å². The Labute approximate surface area is 143 Å². The van der Waals surface area contributed by atoms with Crippen molar-refractivity contribution in [3.05, 3.63) is 76.8 Å². The molecule has 4 nitrogen and oxygen atoms in total. The highest BCUT2D eigenvalue weighted by Crippen LogP contribution is 2.27. The van der Waals surface area contributed by atoms with E-state index in [1.54, 1.807) is 6.08 Å². The van der Waals surface area contributed by atoms with Gasteiger partial charge in [-0.3, -0.25) is 14.9 Å². The van der Waals surface area contributed by atoms with Gasteiger partial charge in [0.2, 0.25) is 0 Å².